The monoisotopic (exact) mass is 375 g/mol. The molecule has 0 saturated carbocycles. The molecule has 0 fully saturated rings. The third-order valence-corrected chi connectivity index (χ3v) is 5.56. The number of aromatic nitrogens is 2. The molecule has 28 heavy (non-hydrogen) atoms. The molecule has 1 amide bonds. The van der Waals surface area contributed by atoms with Gasteiger partial charge in [-0.15, -0.1) is 0 Å². The molecule has 1 aliphatic heterocycles. The highest BCUT2D eigenvalue weighted by molar-refractivity contribution is 6.06. The summed E-state index contributed by atoms with van der Waals surface area (Å²) in [4.78, 5) is 30.5. The molecule has 144 valence electrons. The fourth-order valence-corrected chi connectivity index (χ4v) is 3.95. The Labute approximate surface area is 164 Å². The molecule has 1 aromatic heterocycles. The van der Waals surface area contributed by atoms with Gasteiger partial charge in [0.05, 0.1) is 10.9 Å². The average molecular weight is 375 g/mol. The van der Waals surface area contributed by atoms with Crippen LogP contribution in [0.2, 0.25) is 0 Å². The van der Waals surface area contributed by atoms with Crippen LogP contribution in [0.4, 0.5) is 5.69 Å². The molecule has 0 atom stereocenters. The van der Waals surface area contributed by atoms with E-state index in [4.69, 9.17) is 4.98 Å². The lowest BCUT2D eigenvalue weighted by Gasteiger charge is -2.14. The summed E-state index contributed by atoms with van der Waals surface area (Å²) in [5.74, 6) is 0.655. The number of anilines is 1. The van der Waals surface area contributed by atoms with Crippen molar-refractivity contribution in [1.29, 1.82) is 0 Å². The molecule has 0 radical (unpaired) electrons. The van der Waals surface area contributed by atoms with Crippen LogP contribution in [-0.4, -0.2) is 15.5 Å². The van der Waals surface area contributed by atoms with E-state index in [1.165, 1.54) is 0 Å². The lowest BCUT2D eigenvalue weighted by molar-refractivity contribution is 0.102. The predicted molar refractivity (Wildman–Crippen MR) is 112 cm³/mol. The Kier molecular flexibility index (Phi) is 4.99. The first-order valence-corrected chi connectivity index (χ1v) is 10.0. The zero-order chi connectivity index (χ0) is 19.7. The summed E-state index contributed by atoms with van der Waals surface area (Å²) in [6.07, 6.45) is 4.83. The molecule has 4 rings (SSSR count). The molecule has 2 aromatic carbocycles. The van der Waals surface area contributed by atoms with Gasteiger partial charge in [0, 0.05) is 24.2 Å². The number of para-hydroxylation sites is 1. The van der Waals surface area contributed by atoms with Crippen molar-refractivity contribution in [2.75, 3.05) is 5.32 Å². The molecular weight excluding hydrogens is 350 g/mol. The molecule has 0 unspecified atom stereocenters. The smallest absolute Gasteiger partial charge is 0.261 e. The minimum atomic E-state index is -0.178. The second kappa shape index (κ2) is 7.58. The lowest BCUT2D eigenvalue weighted by atomic mass is 10.0. The van der Waals surface area contributed by atoms with Gasteiger partial charge in [0.25, 0.3) is 11.5 Å². The molecule has 1 aliphatic rings. The van der Waals surface area contributed by atoms with E-state index in [9.17, 15) is 9.59 Å². The predicted octanol–water partition coefficient (Wildman–Crippen LogP) is 4.25. The number of hydrogen-bond acceptors (Lipinski definition) is 3. The van der Waals surface area contributed by atoms with Crippen molar-refractivity contribution in [2.45, 2.75) is 52.5 Å². The van der Waals surface area contributed by atoms with Crippen LogP contribution in [0.25, 0.3) is 10.9 Å². The summed E-state index contributed by atoms with van der Waals surface area (Å²) in [5.41, 5.74) is 4.13. The first-order valence-electron chi connectivity index (χ1n) is 10.0. The van der Waals surface area contributed by atoms with Gasteiger partial charge >= 0.3 is 0 Å². The Morgan fingerprint density at radius 1 is 1.18 bits per heavy atom. The van der Waals surface area contributed by atoms with Crippen molar-refractivity contribution in [2.24, 2.45) is 0 Å². The normalized spacial score (nSPS) is 13.8. The van der Waals surface area contributed by atoms with Gasteiger partial charge in [-0.25, -0.2) is 4.98 Å². The third-order valence-electron chi connectivity index (χ3n) is 5.56. The minimum absolute atomic E-state index is 0.000955. The molecule has 5 nitrogen and oxygen atoms in total. The maximum atomic E-state index is 12.9. The first kappa shape index (κ1) is 18.4. The Bertz CT molecular complexity index is 1110. The quantitative estimate of drug-likeness (QED) is 0.744. The zero-order valence-corrected chi connectivity index (χ0v) is 16.4. The second-order valence-corrected chi connectivity index (χ2v) is 7.44. The van der Waals surface area contributed by atoms with Gasteiger partial charge in [-0.05, 0) is 55.5 Å². The highest BCUT2D eigenvalue weighted by Gasteiger charge is 2.16. The number of amides is 1. The lowest BCUT2D eigenvalue weighted by Crippen LogP contribution is -2.24. The second-order valence-electron chi connectivity index (χ2n) is 7.44. The molecule has 2 heterocycles. The molecule has 0 aliphatic carbocycles. The van der Waals surface area contributed by atoms with Gasteiger partial charge in [-0.1, -0.05) is 31.5 Å². The van der Waals surface area contributed by atoms with Gasteiger partial charge in [-0.3, -0.25) is 14.2 Å². The van der Waals surface area contributed by atoms with E-state index >= 15 is 0 Å². The Morgan fingerprint density at radius 2 is 2.04 bits per heavy atom. The minimum Gasteiger partial charge on any atom is -0.321 e. The molecule has 5 heteroatoms. The number of nitrogens with zero attached hydrogens (tertiary/aromatic N) is 2. The van der Waals surface area contributed by atoms with Crippen molar-refractivity contribution in [3.8, 4) is 0 Å². The SMILES string of the molecule is CCc1cccc(C)c1NC(=O)c1ccc2c(=O)n3c(nc2c1)CCCCC3. The van der Waals surface area contributed by atoms with E-state index in [0.717, 1.165) is 61.3 Å². The van der Waals surface area contributed by atoms with E-state index in [2.05, 4.69) is 12.2 Å². The fourth-order valence-electron chi connectivity index (χ4n) is 3.95. The summed E-state index contributed by atoms with van der Waals surface area (Å²) >= 11 is 0. The topological polar surface area (TPSA) is 64.0 Å². The number of fused-ring (bicyclic) bond motifs is 2. The largest absolute Gasteiger partial charge is 0.321 e. The van der Waals surface area contributed by atoms with Crippen molar-refractivity contribution in [3.63, 3.8) is 0 Å². The number of aryl methyl sites for hydroxylation is 3. The van der Waals surface area contributed by atoms with Crippen LogP contribution in [0.3, 0.4) is 0 Å². The molecule has 3 aromatic rings. The average Bonchev–Trinajstić information content (AvgIpc) is 2.95. The number of benzene rings is 2. The number of hydrogen-bond donors (Lipinski definition) is 1. The molecule has 0 saturated heterocycles. The van der Waals surface area contributed by atoms with Crippen LogP contribution in [-0.2, 0) is 19.4 Å². The van der Waals surface area contributed by atoms with Gasteiger partial charge in [0.1, 0.15) is 5.82 Å². The van der Waals surface area contributed by atoms with Gasteiger partial charge in [-0.2, -0.15) is 0 Å². The third kappa shape index (κ3) is 3.33. The summed E-state index contributed by atoms with van der Waals surface area (Å²) in [5, 5.41) is 3.62. The van der Waals surface area contributed by atoms with Gasteiger partial charge in [0.2, 0.25) is 0 Å². The molecule has 1 N–H and O–H groups in total. The zero-order valence-electron chi connectivity index (χ0n) is 16.4. The summed E-state index contributed by atoms with van der Waals surface area (Å²) in [7, 11) is 0. The number of rotatable bonds is 3. The highest BCUT2D eigenvalue weighted by Crippen LogP contribution is 2.23. The van der Waals surface area contributed by atoms with Crippen LogP contribution in [0.1, 0.15) is 53.5 Å². The Balaban J connectivity index is 1.72. The van der Waals surface area contributed by atoms with E-state index in [1.807, 2.05) is 25.1 Å². The van der Waals surface area contributed by atoms with Gasteiger partial charge < -0.3 is 5.32 Å². The standard InChI is InChI=1S/C23H25N3O2/c1-3-16-9-7-8-15(2)21(16)25-22(27)17-11-12-18-19(14-17)24-20-10-5-4-6-13-26(20)23(18)28/h7-9,11-12,14H,3-6,10,13H2,1-2H3,(H,25,27). The van der Waals surface area contributed by atoms with Crippen molar-refractivity contribution >= 4 is 22.5 Å². The maximum Gasteiger partial charge on any atom is 0.261 e. The summed E-state index contributed by atoms with van der Waals surface area (Å²) in [6, 6.07) is 11.2. The van der Waals surface area contributed by atoms with Crippen LogP contribution in [0.5, 0.6) is 0 Å². The Hall–Kier alpha value is -2.95. The maximum absolute atomic E-state index is 12.9. The van der Waals surface area contributed by atoms with Crippen LogP contribution >= 0.6 is 0 Å². The van der Waals surface area contributed by atoms with Gasteiger partial charge in [0.15, 0.2) is 0 Å². The molecule has 0 spiro atoms. The molecule has 0 bridgehead atoms. The number of carbonyl (C=O) groups is 1. The summed E-state index contributed by atoms with van der Waals surface area (Å²) < 4.78 is 1.80. The van der Waals surface area contributed by atoms with E-state index in [1.54, 1.807) is 22.8 Å². The van der Waals surface area contributed by atoms with E-state index < -0.39 is 0 Å². The van der Waals surface area contributed by atoms with E-state index in [-0.39, 0.29) is 11.5 Å². The first-order chi connectivity index (χ1) is 13.6. The van der Waals surface area contributed by atoms with Crippen molar-refractivity contribution < 1.29 is 4.79 Å². The highest BCUT2D eigenvalue weighted by atomic mass is 16.1. The van der Waals surface area contributed by atoms with Crippen molar-refractivity contribution in [1.82, 2.24) is 9.55 Å². The fraction of sp³-hybridized carbons (Fsp3) is 0.348. The number of carbonyl (C=O) groups excluding carboxylic acids is 1. The van der Waals surface area contributed by atoms with Crippen LogP contribution in [0.15, 0.2) is 41.2 Å². The molecular formula is C23H25N3O2. The summed E-state index contributed by atoms with van der Waals surface area (Å²) in [6.45, 7) is 4.79. The van der Waals surface area contributed by atoms with Crippen molar-refractivity contribution in [3.05, 3.63) is 69.3 Å². The Morgan fingerprint density at radius 3 is 2.86 bits per heavy atom. The van der Waals surface area contributed by atoms with Crippen LogP contribution < -0.4 is 10.9 Å². The van der Waals surface area contributed by atoms with E-state index in [0.29, 0.717) is 16.5 Å². The number of nitrogens with one attached hydrogen (secondary N) is 1. The van der Waals surface area contributed by atoms with Crippen LogP contribution in [0, 0.1) is 6.92 Å².